The van der Waals surface area contributed by atoms with Crippen LogP contribution in [0.5, 0.6) is 5.75 Å². The number of aromatic nitrogens is 1. The first kappa shape index (κ1) is 8.51. The number of aromatic hydroxyl groups is 1. The van der Waals surface area contributed by atoms with Crippen LogP contribution in [0.4, 0.5) is 0 Å². The van der Waals surface area contributed by atoms with Gasteiger partial charge in [0.15, 0.2) is 0 Å². The van der Waals surface area contributed by atoms with E-state index in [1.165, 1.54) is 10.9 Å². The number of benzene rings is 1. The van der Waals surface area contributed by atoms with Gasteiger partial charge >= 0.3 is 0 Å². The van der Waals surface area contributed by atoms with Gasteiger partial charge in [-0.3, -0.25) is 0 Å². The van der Waals surface area contributed by atoms with Crippen LogP contribution in [0.15, 0.2) is 24.4 Å². The highest BCUT2D eigenvalue weighted by Gasteiger charge is 2.02. The Labute approximate surface area is 81.0 Å². The predicted octanol–water partition coefficient (Wildman–Crippen LogP) is 2.74. The Kier molecular flexibility index (Phi) is 2.19. The third-order valence-electron chi connectivity index (χ3n) is 2.05. The van der Waals surface area contributed by atoms with Crippen LogP contribution in [0.1, 0.15) is 5.56 Å². The summed E-state index contributed by atoms with van der Waals surface area (Å²) in [5, 5.41) is 10.4. The molecule has 3 heteroatoms. The average Bonchev–Trinajstić information content (AvgIpc) is 2.49. The minimum absolute atomic E-state index is 0.310. The lowest BCUT2D eigenvalue weighted by atomic mass is 10.2. The smallest absolute Gasteiger partial charge is 0.117 e. The summed E-state index contributed by atoms with van der Waals surface area (Å²) in [5.41, 5.74) is 2.30. The van der Waals surface area contributed by atoms with Crippen LogP contribution in [0.2, 0.25) is 0 Å². The summed E-state index contributed by atoms with van der Waals surface area (Å²) in [6.07, 6.45) is 4.08. The molecule has 0 amide bonds. The van der Waals surface area contributed by atoms with Crippen LogP contribution >= 0.6 is 11.8 Å². The van der Waals surface area contributed by atoms with Gasteiger partial charge in [-0.2, -0.15) is 11.8 Å². The van der Waals surface area contributed by atoms with Crippen LogP contribution in [0.25, 0.3) is 10.9 Å². The highest BCUT2D eigenvalue weighted by molar-refractivity contribution is 7.97. The van der Waals surface area contributed by atoms with Gasteiger partial charge in [0.25, 0.3) is 0 Å². The summed E-state index contributed by atoms with van der Waals surface area (Å²) in [7, 11) is 0. The molecule has 13 heavy (non-hydrogen) atoms. The number of hydrogen-bond donors (Lipinski definition) is 2. The first-order chi connectivity index (χ1) is 6.31. The van der Waals surface area contributed by atoms with E-state index in [1.54, 1.807) is 23.9 Å². The Bertz CT molecular complexity index is 422. The first-order valence-electron chi connectivity index (χ1n) is 4.09. The number of H-pyrrole nitrogens is 1. The molecule has 1 aromatic heterocycles. The quantitative estimate of drug-likeness (QED) is 0.769. The minimum Gasteiger partial charge on any atom is -0.508 e. The van der Waals surface area contributed by atoms with E-state index >= 15 is 0 Å². The SMILES string of the molecule is CSCc1c[nH]c2cc(O)ccc12. The third-order valence-corrected chi connectivity index (χ3v) is 2.65. The predicted molar refractivity (Wildman–Crippen MR) is 57.2 cm³/mol. The number of rotatable bonds is 2. The van der Waals surface area contributed by atoms with Gasteiger partial charge in [0.1, 0.15) is 5.75 Å². The van der Waals surface area contributed by atoms with E-state index in [4.69, 9.17) is 0 Å². The zero-order valence-corrected chi connectivity index (χ0v) is 8.19. The van der Waals surface area contributed by atoms with Crippen LogP contribution in [0, 0.1) is 0 Å². The van der Waals surface area contributed by atoms with E-state index in [-0.39, 0.29) is 0 Å². The van der Waals surface area contributed by atoms with E-state index in [9.17, 15) is 5.11 Å². The van der Waals surface area contributed by atoms with Crippen molar-refractivity contribution in [3.05, 3.63) is 30.0 Å². The minimum atomic E-state index is 0.310. The van der Waals surface area contributed by atoms with Gasteiger partial charge in [-0.15, -0.1) is 0 Å². The van der Waals surface area contributed by atoms with E-state index < -0.39 is 0 Å². The standard InChI is InChI=1S/C10H11NOS/c1-13-6-7-5-11-10-4-8(12)2-3-9(7)10/h2-5,11-12H,6H2,1H3. The van der Waals surface area contributed by atoms with Gasteiger partial charge in [-0.1, -0.05) is 0 Å². The number of nitrogens with one attached hydrogen (secondary N) is 1. The van der Waals surface area contributed by atoms with Crippen molar-refractivity contribution in [2.24, 2.45) is 0 Å². The van der Waals surface area contributed by atoms with Gasteiger partial charge in [-0.05, 0) is 24.0 Å². The fraction of sp³-hybridized carbons (Fsp3) is 0.200. The summed E-state index contributed by atoms with van der Waals surface area (Å²) in [5.74, 6) is 1.31. The van der Waals surface area contributed by atoms with Crippen molar-refractivity contribution in [1.82, 2.24) is 4.98 Å². The van der Waals surface area contributed by atoms with Crippen LogP contribution in [-0.4, -0.2) is 16.3 Å². The zero-order chi connectivity index (χ0) is 9.26. The lowest BCUT2D eigenvalue weighted by Gasteiger charge is -1.95. The van der Waals surface area contributed by atoms with Crippen LogP contribution in [0.3, 0.4) is 0 Å². The summed E-state index contributed by atoms with van der Waals surface area (Å²) < 4.78 is 0. The topological polar surface area (TPSA) is 36.0 Å². The van der Waals surface area contributed by atoms with Crippen molar-refractivity contribution >= 4 is 22.7 Å². The molecular formula is C10H11NOS. The highest BCUT2D eigenvalue weighted by Crippen LogP contribution is 2.24. The second-order valence-electron chi connectivity index (χ2n) is 2.98. The molecule has 2 N–H and O–H groups in total. The van der Waals surface area contributed by atoms with E-state index in [0.29, 0.717) is 5.75 Å². The van der Waals surface area contributed by atoms with Crippen LogP contribution in [-0.2, 0) is 5.75 Å². The first-order valence-corrected chi connectivity index (χ1v) is 5.48. The van der Waals surface area contributed by atoms with E-state index in [1.807, 2.05) is 12.3 Å². The average molecular weight is 193 g/mol. The molecule has 0 aliphatic carbocycles. The molecule has 0 fully saturated rings. The number of thioether (sulfide) groups is 1. The molecule has 0 saturated carbocycles. The van der Waals surface area contributed by atoms with Crippen molar-refractivity contribution in [2.75, 3.05) is 6.26 Å². The maximum Gasteiger partial charge on any atom is 0.117 e. The number of aromatic amines is 1. The van der Waals surface area contributed by atoms with Crippen molar-refractivity contribution in [3.63, 3.8) is 0 Å². The van der Waals surface area contributed by atoms with E-state index in [2.05, 4.69) is 11.2 Å². The fourth-order valence-electron chi connectivity index (χ4n) is 1.45. The second kappa shape index (κ2) is 3.34. The van der Waals surface area contributed by atoms with Crippen LogP contribution < -0.4 is 0 Å². The molecule has 0 aliphatic rings. The third kappa shape index (κ3) is 1.52. The van der Waals surface area contributed by atoms with Crippen molar-refractivity contribution < 1.29 is 5.11 Å². The molecule has 2 aromatic rings. The van der Waals surface area contributed by atoms with E-state index in [0.717, 1.165) is 11.3 Å². The molecule has 68 valence electrons. The summed E-state index contributed by atoms with van der Waals surface area (Å²) in [4.78, 5) is 3.14. The largest absolute Gasteiger partial charge is 0.508 e. The Morgan fingerprint density at radius 3 is 3.08 bits per heavy atom. The van der Waals surface area contributed by atoms with Crippen molar-refractivity contribution in [2.45, 2.75) is 5.75 Å². The molecule has 2 rings (SSSR count). The van der Waals surface area contributed by atoms with Crippen molar-refractivity contribution in [1.29, 1.82) is 0 Å². The van der Waals surface area contributed by atoms with Gasteiger partial charge in [0.2, 0.25) is 0 Å². The Morgan fingerprint density at radius 2 is 2.31 bits per heavy atom. The summed E-state index contributed by atoms with van der Waals surface area (Å²) in [6, 6.07) is 5.42. The molecule has 0 bridgehead atoms. The molecule has 1 heterocycles. The fourth-order valence-corrected chi connectivity index (χ4v) is 2.00. The molecule has 1 aromatic carbocycles. The Hall–Kier alpha value is -1.09. The molecular weight excluding hydrogens is 182 g/mol. The molecule has 0 atom stereocenters. The molecule has 0 saturated heterocycles. The number of phenols is 1. The Morgan fingerprint density at radius 1 is 1.46 bits per heavy atom. The monoisotopic (exact) mass is 193 g/mol. The molecule has 0 radical (unpaired) electrons. The zero-order valence-electron chi connectivity index (χ0n) is 7.37. The van der Waals surface area contributed by atoms with Gasteiger partial charge < -0.3 is 10.1 Å². The number of phenolic OH excluding ortho intramolecular Hbond substituents is 1. The number of hydrogen-bond acceptors (Lipinski definition) is 2. The normalized spacial score (nSPS) is 10.8. The van der Waals surface area contributed by atoms with Gasteiger partial charge in [0, 0.05) is 28.9 Å². The van der Waals surface area contributed by atoms with Crippen molar-refractivity contribution in [3.8, 4) is 5.75 Å². The maximum absolute atomic E-state index is 9.24. The molecule has 0 unspecified atom stereocenters. The summed E-state index contributed by atoms with van der Waals surface area (Å²) in [6.45, 7) is 0. The maximum atomic E-state index is 9.24. The Balaban J connectivity index is 2.55. The second-order valence-corrected chi connectivity index (χ2v) is 3.84. The number of fused-ring (bicyclic) bond motifs is 1. The summed E-state index contributed by atoms with van der Waals surface area (Å²) >= 11 is 1.80. The molecule has 0 spiro atoms. The lowest BCUT2D eigenvalue weighted by molar-refractivity contribution is 0.476. The highest BCUT2D eigenvalue weighted by atomic mass is 32.2. The molecule has 2 nitrogen and oxygen atoms in total. The molecule has 0 aliphatic heterocycles. The van der Waals surface area contributed by atoms with Gasteiger partial charge in [0.05, 0.1) is 0 Å². The lowest BCUT2D eigenvalue weighted by Crippen LogP contribution is -1.74. The van der Waals surface area contributed by atoms with Gasteiger partial charge in [-0.25, -0.2) is 0 Å².